The fourth-order valence-electron chi connectivity index (χ4n) is 4.00. The maximum absolute atomic E-state index is 13.3. The highest BCUT2D eigenvalue weighted by atomic mass is 32.2. The van der Waals surface area contributed by atoms with Gasteiger partial charge in [-0.15, -0.1) is 11.8 Å². The number of piperidine rings is 1. The number of fused-ring (bicyclic) bond motifs is 1. The lowest BCUT2D eigenvalue weighted by atomic mass is 9.98. The van der Waals surface area contributed by atoms with Crippen LogP contribution in [-0.4, -0.2) is 54.7 Å². The molecule has 2 heterocycles. The van der Waals surface area contributed by atoms with Crippen molar-refractivity contribution in [1.29, 1.82) is 0 Å². The average Bonchev–Trinajstić information content (AvgIpc) is 2.80. The molecule has 2 aliphatic rings. The monoisotopic (exact) mass is 456 g/mol. The van der Waals surface area contributed by atoms with Crippen molar-refractivity contribution < 1.29 is 18.8 Å². The van der Waals surface area contributed by atoms with E-state index in [4.69, 9.17) is 0 Å². The number of amides is 4. The summed E-state index contributed by atoms with van der Waals surface area (Å²) in [6.07, 6.45) is 1.73. The lowest BCUT2D eigenvalue weighted by molar-refractivity contribution is -0.132. The highest BCUT2D eigenvalue weighted by Crippen LogP contribution is 2.34. The lowest BCUT2D eigenvalue weighted by Crippen LogP contribution is -2.49. The van der Waals surface area contributed by atoms with E-state index < -0.39 is 11.8 Å². The van der Waals surface area contributed by atoms with Crippen molar-refractivity contribution in [3.05, 3.63) is 54.3 Å². The van der Waals surface area contributed by atoms with Crippen LogP contribution < -0.4 is 15.5 Å². The summed E-state index contributed by atoms with van der Waals surface area (Å²) in [6.45, 7) is 1.60. The lowest BCUT2D eigenvalue weighted by Gasteiger charge is -2.35. The zero-order valence-corrected chi connectivity index (χ0v) is 18.4. The predicted octanol–water partition coefficient (Wildman–Crippen LogP) is 3.32. The SMILES string of the molecule is O=C(NCC1CCCN(C(=O)CN2C(=O)CSc3ccccc32)C1)Nc1cccc(F)c1. The second-order valence-electron chi connectivity index (χ2n) is 7.93. The van der Waals surface area contributed by atoms with Crippen LogP contribution >= 0.6 is 11.8 Å². The van der Waals surface area contributed by atoms with Crippen LogP contribution in [0.25, 0.3) is 0 Å². The third-order valence-electron chi connectivity index (χ3n) is 5.61. The molecule has 0 spiro atoms. The molecule has 1 fully saturated rings. The number of rotatable bonds is 5. The van der Waals surface area contributed by atoms with Crippen LogP contribution in [0.4, 0.5) is 20.6 Å². The van der Waals surface area contributed by atoms with Gasteiger partial charge in [0, 0.05) is 30.2 Å². The van der Waals surface area contributed by atoms with Crippen LogP contribution in [0, 0.1) is 11.7 Å². The molecule has 2 aliphatic heterocycles. The highest BCUT2D eigenvalue weighted by Gasteiger charge is 2.30. The molecule has 2 N–H and O–H groups in total. The van der Waals surface area contributed by atoms with Gasteiger partial charge in [-0.1, -0.05) is 18.2 Å². The molecule has 0 aromatic heterocycles. The van der Waals surface area contributed by atoms with Gasteiger partial charge < -0.3 is 20.4 Å². The predicted molar refractivity (Wildman–Crippen MR) is 122 cm³/mol. The minimum atomic E-state index is -0.419. The van der Waals surface area contributed by atoms with Crippen molar-refractivity contribution in [1.82, 2.24) is 10.2 Å². The first-order valence-corrected chi connectivity index (χ1v) is 11.6. The smallest absolute Gasteiger partial charge is 0.319 e. The molecular weight excluding hydrogens is 431 g/mol. The molecule has 4 amide bonds. The van der Waals surface area contributed by atoms with Gasteiger partial charge in [-0.05, 0) is 49.1 Å². The molecule has 2 aromatic rings. The Hall–Kier alpha value is -3.07. The van der Waals surface area contributed by atoms with Gasteiger partial charge >= 0.3 is 6.03 Å². The van der Waals surface area contributed by atoms with Crippen molar-refractivity contribution in [2.75, 3.05) is 42.1 Å². The van der Waals surface area contributed by atoms with Crippen molar-refractivity contribution in [2.45, 2.75) is 17.7 Å². The van der Waals surface area contributed by atoms with Gasteiger partial charge in [0.15, 0.2) is 0 Å². The summed E-state index contributed by atoms with van der Waals surface area (Å²) in [4.78, 5) is 41.9. The number of thioether (sulfide) groups is 1. The molecule has 0 saturated carbocycles. The number of carbonyl (C=O) groups is 3. The van der Waals surface area contributed by atoms with E-state index in [0.717, 1.165) is 23.4 Å². The Morgan fingerprint density at radius 2 is 2.00 bits per heavy atom. The minimum absolute atomic E-state index is 0.0244. The number of halogens is 1. The van der Waals surface area contributed by atoms with Crippen molar-refractivity contribution in [3.63, 3.8) is 0 Å². The maximum atomic E-state index is 13.3. The largest absolute Gasteiger partial charge is 0.341 e. The van der Waals surface area contributed by atoms with Gasteiger partial charge in [-0.25, -0.2) is 9.18 Å². The number of benzene rings is 2. The van der Waals surface area contributed by atoms with Gasteiger partial charge in [-0.2, -0.15) is 0 Å². The number of likely N-dealkylation sites (tertiary alicyclic amines) is 1. The van der Waals surface area contributed by atoms with E-state index in [2.05, 4.69) is 10.6 Å². The number of para-hydroxylation sites is 1. The summed E-state index contributed by atoms with van der Waals surface area (Å²) in [7, 11) is 0. The molecule has 2 aromatic carbocycles. The first-order valence-electron chi connectivity index (χ1n) is 10.6. The standard InChI is InChI=1S/C23H25FN4O3S/c24-17-6-3-7-18(11-17)26-23(31)25-12-16-5-4-10-27(13-16)21(29)14-28-19-8-1-2-9-20(19)32-15-22(28)30/h1-3,6-9,11,16H,4-5,10,12-15H2,(H2,25,26,31). The first-order chi connectivity index (χ1) is 15.5. The van der Waals surface area contributed by atoms with Crippen molar-refractivity contribution in [2.24, 2.45) is 5.92 Å². The van der Waals surface area contributed by atoms with Crippen molar-refractivity contribution in [3.8, 4) is 0 Å². The van der Waals surface area contributed by atoms with Crippen molar-refractivity contribution >= 4 is 41.0 Å². The van der Waals surface area contributed by atoms with Crippen LogP contribution in [0.1, 0.15) is 12.8 Å². The number of urea groups is 1. The molecule has 0 radical (unpaired) electrons. The maximum Gasteiger partial charge on any atom is 0.319 e. The van der Waals surface area contributed by atoms with Gasteiger partial charge in [0.25, 0.3) is 0 Å². The van der Waals surface area contributed by atoms with Crippen LogP contribution in [0.15, 0.2) is 53.4 Å². The molecule has 1 saturated heterocycles. The van der Waals surface area contributed by atoms with E-state index >= 15 is 0 Å². The second-order valence-corrected chi connectivity index (χ2v) is 8.95. The van der Waals surface area contributed by atoms with Crippen LogP contribution in [0.2, 0.25) is 0 Å². The van der Waals surface area contributed by atoms with Crippen LogP contribution in [0.3, 0.4) is 0 Å². The van der Waals surface area contributed by atoms with Gasteiger partial charge in [0.05, 0.1) is 11.4 Å². The molecule has 0 aliphatic carbocycles. The summed E-state index contributed by atoms with van der Waals surface area (Å²) in [5.41, 5.74) is 1.17. The minimum Gasteiger partial charge on any atom is -0.341 e. The summed E-state index contributed by atoms with van der Waals surface area (Å²) >= 11 is 1.49. The average molecular weight is 457 g/mol. The zero-order chi connectivity index (χ0) is 22.5. The Morgan fingerprint density at radius 3 is 2.84 bits per heavy atom. The fraction of sp³-hybridized carbons (Fsp3) is 0.348. The number of hydrogen-bond donors (Lipinski definition) is 2. The number of nitrogens with zero attached hydrogens (tertiary/aromatic N) is 2. The van der Waals surface area contributed by atoms with Gasteiger partial charge in [0.1, 0.15) is 12.4 Å². The molecule has 1 atom stereocenters. The molecule has 7 nitrogen and oxygen atoms in total. The topological polar surface area (TPSA) is 81.8 Å². The highest BCUT2D eigenvalue weighted by molar-refractivity contribution is 8.00. The summed E-state index contributed by atoms with van der Waals surface area (Å²) in [5.74, 6) is -0.124. The van der Waals surface area contributed by atoms with E-state index in [0.29, 0.717) is 31.1 Å². The molecule has 1 unspecified atom stereocenters. The number of nitrogens with one attached hydrogen (secondary N) is 2. The molecule has 9 heteroatoms. The van der Waals surface area contributed by atoms with Crippen LogP contribution in [-0.2, 0) is 9.59 Å². The first kappa shape index (κ1) is 22.1. The summed E-state index contributed by atoms with van der Waals surface area (Å²) in [6, 6.07) is 12.9. The Bertz CT molecular complexity index is 1020. The Balaban J connectivity index is 1.29. The Morgan fingerprint density at radius 1 is 1.16 bits per heavy atom. The normalized spacial score (nSPS) is 18.2. The molecular formula is C23H25FN4O3S. The zero-order valence-electron chi connectivity index (χ0n) is 17.6. The van der Waals surface area contributed by atoms with E-state index in [1.54, 1.807) is 15.9 Å². The molecule has 0 bridgehead atoms. The number of hydrogen-bond acceptors (Lipinski definition) is 4. The number of carbonyl (C=O) groups excluding carboxylic acids is 3. The summed E-state index contributed by atoms with van der Waals surface area (Å²) < 4.78 is 13.3. The Labute approximate surface area is 190 Å². The van der Waals surface area contributed by atoms with E-state index in [1.165, 1.54) is 30.0 Å². The molecule has 168 valence electrons. The third kappa shape index (κ3) is 5.40. The van der Waals surface area contributed by atoms with Crippen LogP contribution in [0.5, 0.6) is 0 Å². The number of anilines is 2. The quantitative estimate of drug-likeness (QED) is 0.723. The fourth-order valence-corrected chi connectivity index (χ4v) is 4.94. The second kappa shape index (κ2) is 10.0. The van der Waals surface area contributed by atoms with E-state index in [9.17, 15) is 18.8 Å². The van der Waals surface area contributed by atoms with Gasteiger partial charge in [-0.3, -0.25) is 9.59 Å². The third-order valence-corrected chi connectivity index (χ3v) is 6.65. The molecule has 32 heavy (non-hydrogen) atoms. The van der Waals surface area contributed by atoms with E-state index in [1.807, 2.05) is 24.3 Å². The Kier molecular flexibility index (Phi) is 6.94. The van der Waals surface area contributed by atoms with Gasteiger partial charge in [0.2, 0.25) is 11.8 Å². The summed E-state index contributed by atoms with van der Waals surface area (Å²) in [5, 5.41) is 5.41. The molecule has 4 rings (SSSR count). The van der Waals surface area contributed by atoms with E-state index in [-0.39, 0.29) is 24.3 Å².